The second-order valence-electron chi connectivity index (χ2n) is 5.38. The summed E-state index contributed by atoms with van der Waals surface area (Å²) in [6.45, 7) is 3.61. The molecule has 2 aromatic rings. The normalized spacial score (nSPS) is 10.3. The van der Waals surface area contributed by atoms with E-state index in [4.69, 9.17) is 21.4 Å². The van der Waals surface area contributed by atoms with Crippen LogP contribution in [-0.2, 0) is 4.79 Å². The maximum absolute atomic E-state index is 14.0. The summed E-state index contributed by atoms with van der Waals surface area (Å²) >= 11 is 7.57. The number of thioether (sulfide) groups is 1. The molecular weight excluding hydrogens is 363 g/mol. The number of halogens is 2. The van der Waals surface area contributed by atoms with Crippen LogP contribution in [-0.4, -0.2) is 22.9 Å². The average Bonchev–Trinajstić information content (AvgIpc) is 2.53. The van der Waals surface area contributed by atoms with Crippen molar-refractivity contribution in [1.29, 1.82) is 0 Å². The van der Waals surface area contributed by atoms with Crippen LogP contribution in [0, 0.1) is 17.7 Å². The van der Waals surface area contributed by atoms with Crippen molar-refractivity contribution in [2.45, 2.75) is 24.0 Å². The Bertz CT molecular complexity index is 840. The monoisotopic (exact) mass is 378 g/mol. The molecule has 0 aliphatic heterocycles. The van der Waals surface area contributed by atoms with Crippen LogP contribution in [0.2, 0.25) is 5.02 Å². The lowest BCUT2D eigenvalue weighted by Gasteiger charge is -2.07. The van der Waals surface area contributed by atoms with Gasteiger partial charge in [-0.25, -0.2) is 9.18 Å². The van der Waals surface area contributed by atoms with Gasteiger partial charge in [-0.3, -0.25) is 0 Å². The van der Waals surface area contributed by atoms with Gasteiger partial charge in [0.15, 0.2) is 6.61 Å². The van der Waals surface area contributed by atoms with Gasteiger partial charge in [0, 0.05) is 15.2 Å². The highest BCUT2D eigenvalue weighted by atomic mass is 35.5. The number of aliphatic carboxylic acids is 1. The molecule has 0 aliphatic rings. The standard InChI is InChI=1S/C19H16ClFO3S/c1-12(2)25-16-6-7-17(21)13(10-16)3-4-14-9-15(20)5-8-18(14)24-11-19(22)23/h5-10,12H,11H2,1-2H3,(H,22,23). The molecule has 25 heavy (non-hydrogen) atoms. The number of benzene rings is 2. The quantitative estimate of drug-likeness (QED) is 0.597. The second kappa shape index (κ2) is 8.80. The molecule has 0 unspecified atom stereocenters. The van der Waals surface area contributed by atoms with E-state index < -0.39 is 18.4 Å². The zero-order chi connectivity index (χ0) is 18.4. The van der Waals surface area contributed by atoms with Crippen molar-refractivity contribution >= 4 is 29.3 Å². The van der Waals surface area contributed by atoms with Gasteiger partial charge < -0.3 is 9.84 Å². The van der Waals surface area contributed by atoms with Gasteiger partial charge in [0.2, 0.25) is 0 Å². The first kappa shape index (κ1) is 19.2. The largest absolute Gasteiger partial charge is 0.481 e. The third-order valence-corrected chi connectivity index (χ3v) is 4.17. The minimum Gasteiger partial charge on any atom is -0.481 e. The van der Waals surface area contributed by atoms with Crippen LogP contribution in [0.3, 0.4) is 0 Å². The fourth-order valence-electron chi connectivity index (χ4n) is 1.95. The van der Waals surface area contributed by atoms with Crippen LogP contribution in [0.4, 0.5) is 4.39 Å². The molecule has 0 aromatic heterocycles. The first-order chi connectivity index (χ1) is 11.8. The summed E-state index contributed by atoms with van der Waals surface area (Å²) in [6, 6.07) is 9.45. The van der Waals surface area contributed by atoms with Crippen molar-refractivity contribution in [3.63, 3.8) is 0 Å². The first-order valence-corrected chi connectivity index (χ1v) is 8.73. The molecule has 0 atom stereocenters. The van der Waals surface area contributed by atoms with E-state index in [0.717, 1.165) is 4.90 Å². The fraction of sp³-hybridized carbons (Fsp3) is 0.211. The number of ether oxygens (including phenoxy) is 1. The Morgan fingerprint density at radius 3 is 2.64 bits per heavy atom. The van der Waals surface area contributed by atoms with Gasteiger partial charge >= 0.3 is 5.97 Å². The second-order valence-corrected chi connectivity index (χ2v) is 7.47. The van der Waals surface area contributed by atoms with Crippen LogP contribution in [0.15, 0.2) is 41.3 Å². The highest BCUT2D eigenvalue weighted by Crippen LogP contribution is 2.25. The molecule has 130 valence electrons. The summed E-state index contributed by atoms with van der Waals surface area (Å²) in [7, 11) is 0. The Labute approximate surface area is 155 Å². The Morgan fingerprint density at radius 2 is 1.96 bits per heavy atom. The summed E-state index contributed by atoms with van der Waals surface area (Å²) in [6.07, 6.45) is 0. The Hall–Kier alpha value is -2.16. The predicted octanol–water partition coefficient (Wildman–Crippen LogP) is 4.84. The van der Waals surface area contributed by atoms with Crippen molar-refractivity contribution in [2.75, 3.05) is 6.61 Å². The molecular formula is C19H16ClFO3S. The van der Waals surface area contributed by atoms with Crippen molar-refractivity contribution in [1.82, 2.24) is 0 Å². The van der Waals surface area contributed by atoms with Crippen molar-refractivity contribution in [2.24, 2.45) is 0 Å². The van der Waals surface area contributed by atoms with E-state index in [9.17, 15) is 9.18 Å². The molecule has 0 spiro atoms. The van der Waals surface area contributed by atoms with E-state index in [1.807, 2.05) is 0 Å². The number of carbonyl (C=O) groups is 1. The number of carboxylic acid groups (broad SMARTS) is 1. The molecule has 6 heteroatoms. The van der Waals surface area contributed by atoms with Crippen LogP contribution in [0.1, 0.15) is 25.0 Å². The highest BCUT2D eigenvalue weighted by Gasteiger charge is 2.07. The predicted molar refractivity (Wildman–Crippen MR) is 98.0 cm³/mol. The van der Waals surface area contributed by atoms with Gasteiger partial charge in [0.25, 0.3) is 0 Å². The van der Waals surface area contributed by atoms with E-state index in [1.54, 1.807) is 36.0 Å². The molecule has 0 fully saturated rings. The summed E-state index contributed by atoms with van der Waals surface area (Å²) in [5.41, 5.74) is 0.657. The van der Waals surface area contributed by atoms with Crippen LogP contribution >= 0.6 is 23.4 Å². The van der Waals surface area contributed by atoms with Gasteiger partial charge in [-0.2, -0.15) is 0 Å². The Kier molecular flexibility index (Phi) is 6.74. The lowest BCUT2D eigenvalue weighted by Crippen LogP contribution is -2.10. The van der Waals surface area contributed by atoms with Gasteiger partial charge in [-0.15, -0.1) is 11.8 Å². The molecule has 0 aliphatic carbocycles. The zero-order valence-electron chi connectivity index (χ0n) is 13.7. The van der Waals surface area contributed by atoms with E-state index in [2.05, 4.69) is 25.7 Å². The number of carboxylic acids is 1. The lowest BCUT2D eigenvalue weighted by molar-refractivity contribution is -0.139. The molecule has 2 rings (SSSR count). The van der Waals surface area contributed by atoms with Gasteiger partial charge in [0.1, 0.15) is 11.6 Å². The Morgan fingerprint density at radius 1 is 1.24 bits per heavy atom. The molecule has 0 radical (unpaired) electrons. The summed E-state index contributed by atoms with van der Waals surface area (Å²) in [5.74, 6) is 4.35. The molecule has 2 aromatic carbocycles. The maximum Gasteiger partial charge on any atom is 0.341 e. The smallest absolute Gasteiger partial charge is 0.341 e. The van der Waals surface area contributed by atoms with Gasteiger partial charge in [-0.05, 0) is 36.4 Å². The van der Waals surface area contributed by atoms with E-state index >= 15 is 0 Å². The van der Waals surface area contributed by atoms with E-state index in [0.29, 0.717) is 15.8 Å². The fourth-order valence-corrected chi connectivity index (χ4v) is 2.99. The zero-order valence-corrected chi connectivity index (χ0v) is 15.2. The summed E-state index contributed by atoms with van der Waals surface area (Å²) < 4.78 is 19.2. The lowest BCUT2D eigenvalue weighted by atomic mass is 10.1. The molecule has 0 saturated carbocycles. The third kappa shape index (κ3) is 6.00. The maximum atomic E-state index is 14.0. The third-order valence-electron chi connectivity index (χ3n) is 2.93. The van der Waals surface area contributed by atoms with Crippen LogP contribution in [0.25, 0.3) is 0 Å². The average molecular weight is 379 g/mol. The minimum absolute atomic E-state index is 0.259. The van der Waals surface area contributed by atoms with Crippen LogP contribution < -0.4 is 4.74 Å². The van der Waals surface area contributed by atoms with Gasteiger partial charge in [0.05, 0.1) is 11.1 Å². The van der Waals surface area contributed by atoms with Crippen LogP contribution in [0.5, 0.6) is 5.75 Å². The number of rotatable bonds is 5. The molecule has 0 heterocycles. The van der Waals surface area contributed by atoms with E-state index in [-0.39, 0.29) is 11.3 Å². The molecule has 3 nitrogen and oxygen atoms in total. The van der Waals surface area contributed by atoms with E-state index in [1.165, 1.54) is 12.1 Å². The van der Waals surface area contributed by atoms with Crippen molar-refractivity contribution < 1.29 is 19.0 Å². The highest BCUT2D eigenvalue weighted by molar-refractivity contribution is 7.99. The SMILES string of the molecule is CC(C)Sc1ccc(F)c(C#Cc2cc(Cl)ccc2OCC(=O)O)c1. The summed E-state index contributed by atoms with van der Waals surface area (Å²) in [4.78, 5) is 11.6. The number of hydrogen-bond acceptors (Lipinski definition) is 3. The van der Waals surface area contributed by atoms with Crippen molar-refractivity contribution in [3.05, 3.63) is 58.4 Å². The molecule has 0 bridgehead atoms. The molecule has 0 saturated heterocycles. The summed E-state index contributed by atoms with van der Waals surface area (Å²) in [5, 5.41) is 9.53. The minimum atomic E-state index is -1.10. The number of hydrogen-bond donors (Lipinski definition) is 1. The topological polar surface area (TPSA) is 46.5 Å². The molecule has 0 amide bonds. The molecule has 1 N–H and O–H groups in total. The first-order valence-electron chi connectivity index (χ1n) is 7.47. The Balaban J connectivity index is 2.34. The van der Waals surface area contributed by atoms with Gasteiger partial charge in [-0.1, -0.05) is 37.3 Å². The van der Waals surface area contributed by atoms with Crippen molar-refractivity contribution in [3.8, 4) is 17.6 Å².